The second-order valence-corrected chi connectivity index (χ2v) is 10.3. The molecule has 1 aromatic rings. The van der Waals surface area contributed by atoms with E-state index in [9.17, 15) is 4.79 Å². The molecule has 1 saturated heterocycles. The van der Waals surface area contributed by atoms with Crippen LogP contribution in [-0.4, -0.2) is 43.7 Å². The highest BCUT2D eigenvalue weighted by molar-refractivity contribution is 5.80. The van der Waals surface area contributed by atoms with Crippen molar-refractivity contribution in [3.05, 3.63) is 29.8 Å². The van der Waals surface area contributed by atoms with Gasteiger partial charge in [-0.1, -0.05) is 18.2 Å². The number of amides is 1. The van der Waals surface area contributed by atoms with E-state index < -0.39 is 0 Å². The highest BCUT2D eigenvalue weighted by atomic mass is 16.2. The number of quaternary nitrogens is 1. The van der Waals surface area contributed by atoms with E-state index in [1.807, 2.05) is 0 Å². The number of carbonyl (C=O) groups is 1. The molecule has 6 rings (SSSR count). The summed E-state index contributed by atoms with van der Waals surface area (Å²) in [6, 6.07) is 8.71. The van der Waals surface area contributed by atoms with Gasteiger partial charge in [-0.05, 0) is 81.8 Å². The van der Waals surface area contributed by atoms with Gasteiger partial charge in [0.15, 0.2) is 6.04 Å². The average molecular weight is 383 g/mol. The topological polar surface area (TPSA) is 36.8 Å². The van der Waals surface area contributed by atoms with Crippen molar-refractivity contribution in [3.63, 3.8) is 0 Å². The van der Waals surface area contributed by atoms with E-state index in [4.69, 9.17) is 0 Å². The Morgan fingerprint density at radius 1 is 1.07 bits per heavy atom. The zero-order chi connectivity index (χ0) is 19.3. The number of aryl methyl sites for hydroxylation is 1. The van der Waals surface area contributed by atoms with Crippen molar-refractivity contribution >= 4 is 11.6 Å². The maximum atomic E-state index is 13.2. The van der Waals surface area contributed by atoms with Gasteiger partial charge in [-0.15, -0.1) is 0 Å². The van der Waals surface area contributed by atoms with E-state index in [2.05, 4.69) is 48.3 Å². The molecular formula is C24H36N3O+. The van der Waals surface area contributed by atoms with Crippen molar-refractivity contribution in [1.29, 1.82) is 0 Å². The zero-order valence-corrected chi connectivity index (χ0v) is 17.5. The highest BCUT2D eigenvalue weighted by Gasteiger charge is 2.52. The summed E-state index contributed by atoms with van der Waals surface area (Å²) < 4.78 is 0. The number of anilines is 1. The summed E-state index contributed by atoms with van der Waals surface area (Å²) in [5.74, 6) is 2.95. The van der Waals surface area contributed by atoms with E-state index in [1.54, 1.807) is 0 Å². The Hall–Kier alpha value is -1.55. The van der Waals surface area contributed by atoms with E-state index in [0.29, 0.717) is 5.91 Å². The fourth-order valence-corrected chi connectivity index (χ4v) is 7.20. The van der Waals surface area contributed by atoms with Crippen molar-refractivity contribution in [3.8, 4) is 0 Å². The monoisotopic (exact) mass is 382 g/mol. The van der Waals surface area contributed by atoms with E-state index in [1.165, 1.54) is 54.7 Å². The summed E-state index contributed by atoms with van der Waals surface area (Å²) in [5, 5.41) is 3.60. The van der Waals surface area contributed by atoms with Gasteiger partial charge in [0.2, 0.25) is 0 Å². The fraction of sp³-hybridized carbons (Fsp3) is 0.708. The molecule has 5 aliphatic rings. The van der Waals surface area contributed by atoms with Crippen LogP contribution >= 0.6 is 0 Å². The lowest BCUT2D eigenvalue weighted by molar-refractivity contribution is -0.914. The van der Waals surface area contributed by atoms with E-state index >= 15 is 0 Å². The van der Waals surface area contributed by atoms with Crippen LogP contribution in [0.3, 0.4) is 0 Å². The molecule has 1 aromatic carbocycles. The van der Waals surface area contributed by atoms with Crippen LogP contribution in [0.1, 0.15) is 51.0 Å². The Bertz CT molecular complexity index is 702. The van der Waals surface area contributed by atoms with Crippen LogP contribution in [0.15, 0.2) is 24.3 Å². The molecule has 5 fully saturated rings. The van der Waals surface area contributed by atoms with Crippen molar-refractivity contribution in [2.45, 2.75) is 64.0 Å². The van der Waals surface area contributed by atoms with Crippen LogP contribution in [0.25, 0.3) is 0 Å². The Labute approximate surface area is 169 Å². The van der Waals surface area contributed by atoms with Crippen molar-refractivity contribution in [2.24, 2.45) is 17.8 Å². The highest BCUT2D eigenvalue weighted by Crippen LogP contribution is 2.55. The lowest BCUT2D eigenvalue weighted by atomic mass is 9.53. The van der Waals surface area contributed by atoms with Crippen molar-refractivity contribution in [1.82, 2.24) is 5.32 Å². The summed E-state index contributed by atoms with van der Waals surface area (Å²) in [7, 11) is 0. The first-order valence-electron chi connectivity index (χ1n) is 11.5. The molecule has 1 heterocycles. The Balaban J connectivity index is 1.19. The molecule has 0 aromatic heterocycles. The third-order valence-electron chi connectivity index (χ3n) is 8.29. The number of carbonyl (C=O) groups excluding carboxylic acids is 1. The Morgan fingerprint density at radius 2 is 1.64 bits per heavy atom. The first kappa shape index (κ1) is 18.5. The largest absolute Gasteiger partial charge is 0.360 e. The van der Waals surface area contributed by atoms with Gasteiger partial charge in [-0.3, -0.25) is 4.79 Å². The van der Waals surface area contributed by atoms with Gasteiger partial charge in [0.25, 0.3) is 5.91 Å². The quantitative estimate of drug-likeness (QED) is 0.837. The van der Waals surface area contributed by atoms with Crippen LogP contribution in [0.5, 0.6) is 0 Å². The van der Waals surface area contributed by atoms with Crippen LogP contribution in [0, 0.1) is 24.7 Å². The summed E-state index contributed by atoms with van der Waals surface area (Å²) >= 11 is 0. The number of hydrogen-bond acceptors (Lipinski definition) is 2. The normalized spacial score (nSPS) is 35.8. The van der Waals surface area contributed by atoms with Gasteiger partial charge in [0, 0.05) is 11.2 Å². The van der Waals surface area contributed by atoms with E-state index in [-0.39, 0.29) is 11.6 Å². The predicted octanol–water partition coefficient (Wildman–Crippen LogP) is 2.17. The van der Waals surface area contributed by atoms with Gasteiger partial charge in [0.05, 0.1) is 26.2 Å². The molecule has 1 amide bonds. The molecule has 4 heteroatoms. The molecule has 28 heavy (non-hydrogen) atoms. The minimum absolute atomic E-state index is 0.0621. The molecule has 1 atom stereocenters. The van der Waals surface area contributed by atoms with Gasteiger partial charge in [-0.25, -0.2) is 0 Å². The van der Waals surface area contributed by atoms with Crippen LogP contribution in [0.2, 0.25) is 0 Å². The zero-order valence-electron chi connectivity index (χ0n) is 17.5. The minimum Gasteiger partial charge on any atom is -0.360 e. The van der Waals surface area contributed by atoms with Gasteiger partial charge < -0.3 is 15.1 Å². The van der Waals surface area contributed by atoms with Crippen LogP contribution < -0.4 is 15.1 Å². The first-order chi connectivity index (χ1) is 13.5. The standard InChI is InChI=1S/C24H35N3O/c1-17-5-3-4-6-22(17)27-9-7-26(8-10-27)18(2)23(28)25-24-14-19-11-20(15-24)13-21(12-19)16-24/h3-6,18-21H,7-16H2,1-2H3,(H,25,28)/p+1/t18-,19?,20?,21?,24?/m0/s1. The maximum Gasteiger partial charge on any atom is 0.278 e. The number of para-hydroxylation sites is 1. The van der Waals surface area contributed by atoms with Crippen LogP contribution in [0.4, 0.5) is 5.69 Å². The number of piperazine rings is 1. The van der Waals surface area contributed by atoms with Crippen LogP contribution in [-0.2, 0) is 4.79 Å². The predicted molar refractivity (Wildman–Crippen MR) is 113 cm³/mol. The molecule has 1 aliphatic heterocycles. The molecule has 0 unspecified atom stereocenters. The number of hydrogen-bond donors (Lipinski definition) is 2. The Morgan fingerprint density at radius 3 is 2.21 bits per heavy atom. The number of benzene rings is 1. The lowest BCUT2D eigenvalue weighted by Gasteiger charge is -2.57. The molecule has 4 bridgehead atoms. The maximum absolute atomic E-state index is 13.2. The average Bonchev–Trinajstić information content (AvgIpc) is 2.66. The molecule has 4 saturated carbocycles. The van der Waals surface area contributed by atoms with Crippen molar-refractivity contribution in [2.75, 3.05) is 31.1 Å². The third kappa shape index (κ3) is 3.34. The number of rotatable bonds is 4. The number of nitrogens with one attached hydrogen (secondary N) is 2. The second kappa shape index (κ2) is 7.05. The van der Waals surface area contributed by atoms with E-state index in [0.717, 1.165) is 43.9 Å². The van der Waals surface area contributed by atoms with Gasteiger partial charge >= 0.3 is 0 Å². The Kier molecular flexibility index (Phi) is 4.65. The SMILES string of the molecule is Cc1ccccc1N1CC[NH+]([C@@H](C)C(=O)NC23CC4CC(CC(C4)C2)C3)CC1. The molecular weight excluding hydrogens is 346 g/mol. The third-order valence-corrected chi connectivity index (χ3v) is 8.29. The first-order valence-corrected chi connectivity index (χ1v) is 11.5. The molecule has 4 aliphatic carbocycles. The van der Waals surface area contributed by atoms with Gasteiger partial charge in [0.1, 0.15) is 0 Å². The molecule has 0 radical (unpaired) electrons. The summed E-state index contributed by atoms with van der Waals surface area (Å²) in [6.45, 7) is 8.50. The van der Waals surface area contributed by atoms with Gasteiger partial charge in [-0.2, -0.15) is 0 Å². The molecule has 4 nitrogen and oxygen atoms in total. The smallest absolute Gasteiger partial charge is 0.278 e. The fourth-order valence-electron chi connectivity index (χ4n) is 7.20. The molecule has 0 spiro atoms. The summed E-state index contributed by atoms with van der Waals surface area (Å²) in [4.78, 5) is 17.1. The lowest BCUT2D eigenvalue weighted by Crippen LogP contribution is -3.19. The molecule has 2 N–H and O–H groups in total. The molecule has 152 valence electrons. The van der Waals surface area contributed by atoms with Crippen molar-refractivity contribution < 1.29 is 9.69 Å². The minimum atomic E-state index is 0.0621. The second-order valence-electron chi connectivity index (χ2n) is 10.3. The summed E-state index contributed by atoms with van der Waals surface area (Å²) in [6.07, 6.45) is 8.01. The summed E-state index contributed by atoms with van der Waals surface area (Å²) in [5.41, 5.74) is 2.84. The number of nitrogens with zero attached hydrogens (tertiary/aromatic N) is 1.